The van der Waals surface area contributed by atoms with Crippen LogP contribution in [0.3, 0.4) is 0 Å². The summed E-state index contributed by atoms with van der Waals surface area (Å²) in [5, 5.41) is 2.97. The van der Waals surface area contributed by atoms with Gasteiger partial charge in [-0.05, 0) is 30.7 Å². The van der Waals surface area contributed by atoms with Gasteiger partial charge < -0.3 is 5.32 Å². The number of nitrogens with one attached hydrogen (secondary N) is 1. The normalized spacial score (nSPS) is 12.0. The Labute approximate surface area is 132 Å². The molecule has 2 rings (SSSR count). The lowest BCUT2D eigenvalue weighted by molar-refractivity contribution is -0.115. The predicted octanol–water partition coefficient (Wildman–Crippen LogP) is 4.74. The van der Waals surface area contributed by atoms with Gasteiger partial charge in [-0.25, -0.2) is 4.39 Å². The smallest absolute Gasteiger partial charge is 0.237 e. The van der Waals surface area contributed by atoms with Crippen molar-refractivity contribution in [3.05, 3.63) is 64.9 Å². The molecule has 1 unspecified atom stereocenters. The Morgan fingerprint density at radius 1 is 1.24 bits per heavy atom. The Hall–Kier alpha value is -1.52. The molecule has 0 fully saturated rings. The van der Waals surface area contributed by atoms with Gasteiger partial charge in [-0.15, -0.1) is 11.8 Å². The van der Waals surface area contributed by atoms with E-state index < -0.39 is 0 Å². The molecule has 2 nitrogen and oxygen atoms in total. The third-order valence-corrected chi connectivity index (χ3v) is 4.47. The molecule has 2 aromatic carbocycles. The summed E-state index contributed by atoms with van der Waals surface area (Å²) in [5.74, 6) is 0.0530. The first kappa shape index (κ1) is 15.9. The first-order valence-corrected chi connectivity index (χ1v) is 7.91. The van der Waals surface area contributed by atoms with Crippen molar-refractivity contribution in [3.8, 4) is 0 Å². The zero-order chi connectivity index (χ0) is 15.2. The van der Waals surface area contributed by atoms with Gasteiger partial charge in [0.25, 0.3) is 0 Å². The van der Waals surface area contributed by atoms with Gasteiger partial charge in [0, 0.05) is 5.75 Å². The Balaban J connectivity index is 1.91. The molecule has 0 spiro atoms. The van der Waals surface area contributed by atoms with Gasteiger partial charge in [0.1, 0.15) is 5.82 Å². The molecule has 0 aliphatic rings. The zero-order valence-corrected chi connectivity index (χ0v) is 13.0. The minimum atomic E-state index is -0.305. The molecule has 0 aliphatic carbocycles. The zero-order valence-electron chi connectivity index (χ0n) is 11.5. The van der Waals surface area contributed by atoms with E-state index in [1.807, 2.05) is 0 Å². The van der Waals surface area contributed by atoms with Crippen LogP contribution in [0.25, 0.3) is 0 Å². The molecule has 0 saturated heterocycles. The molecule has 0 aromatic heterocycles. The van der Waals surface area contributed by atoms with E-state index in [4.69, 9.17) is 11.6 Å². The van der Waals surface area contributed by atoms with Crippen molar-refractivity contribution in [1.82, 2.24) is 0 Å². The number of benzene rings is 2. The van der Waals surface area contributed by atoms with Crippen molar-refractivity contribution >= 4 is 35.0 Å². The first-order chi connectivity index (χ1) is 10.1. The topological polar surface area (TPSA) is 29.1 Å². The SMILES string of the molecule is CC(SCc1ccccc1F)C(=O)Nc1ccccc1Cl. The molecule has 0 saturated carbocycles. The van der Waals surface area contributed by atoms with Crippen LogP contribution in [0.15, 0.2) is 48.5 Å². The maximum atomic E-state index is 13.5. The van der Waals surface area contributed by atoms with E-state index in [0.717, 1.165) is 0 Å². The predicted molar refractivity (Wildman–Crippen MR) is 87.2 cm³/mol. The number of para-hydroxylation sites is 1. The van der Waals surface area contributed by atoms with Gasteiger partial charge in [-0.1, -0.05) is 41.9 Å². The molecule has 1 atom stereocenters. The van der Waals surface area contributed by atoms with Crippen molar-refractivity contribution in [2.45, 2.75) is 17.9 Å². The Kier molecular flexibility index (Phi) is 5.65. The number of amides is 1. The van der Waals surface area contributed by atoms with E-state index in [9.17, 15) is 9.18 Å². The lowest BCUT2D eigenvalue weighted by atomic mass is 10.2. The Morgan fingerprint density at radius 3 is 2.62 bits per heavy atom. The molecular weight excluding hydrogens is 309 g/mol. The van der Waals surface area contributed by atoms with Crippen LogP contribution in [0.2, 0.25) is 5.02 Å². The molecule has 5 heteroatoms. The van der Waals surface area contributed by atoms with Crippen molar-refractivity contribution < 1.29 is 9.18 Å². The minimum Gasteiger partial charge on any atom is -0.324 e. The van der Waals surface area contributed by atoms with Gasteiger partial charge in [0.15, 0.2) is 0 Å². The number of halogens is 2. The van der Waals surface area contributed by atoms with Crippen LogP contribution in [-0.4, -0.2) is 11.2 Å². The third-order valence-electron chi connectivity index (χ3n) is 2.95. The molecule has 1 amide bonds. The van der Waals surface area contributed by atoms with Crippen LogP contribution in [0, 0.1) is 5.82 Å². The van der Waals surface area contributed by atoms with Gasteiger partial charge in [0.2, 0.25) is 5.91 Å². The van der Waals surface area contributed by atoms with Crippen molar-refractivity contribution in [1.29, 1.82) is 0 Å². The molecule has 21 heavy (non-hydrogen) atoms. The minimum absolute atomic E-state index is 0.149. The number of hydrogen-bond acceptors (Lipinski definition) is 2. The number of carbonyl (C=O) groups is 1. The fraction of sp³-hybridized carbons (Fsp3) is 0.188. The van der Waals surface area contributed by atoms with E-state index in [1.165, 1.54) is 17.8 Å². The highest BCUT2D eigenvalue weighted by atomic mass is 35.5. The first-order valence-electron chi connectivity index (χ1n) is 6.48. The lowest BCUT2D eigenvalue weighted by Gasteiger charge is -2.13. The van der Waals surface area contributed by atoms with Crippen LogP contribution in [0.1, 0.15) is 12.5 Å². The number of anilines is 1. The van der Waals surface area contributed by atoms with E-state index in [2.05, 4.69) is 5.32 Å². The van der Waals surface area contributed by atoms with E-state index in [1.54, 1.807) is 49.4 Å². The lowest BCUT2D eigenvalue weighted by Crippen LogP contribution is -2.22. The summed E-state index contributed by atoms with van der Waals surface area (Å²) in [7, 11) is 0. The summed E-state index contributed by atoms with van der Waals surface area (Å²) in [5.41, 5.74) is 1.18. The highest BCUT2D eigenvalue weighted by molar-refractivity contribution is 7.99. The fourth-order valence-corrected chi connectivity index (χ4v) is 2.76. The Morgan fingerprint density at radius 2 is 1.90 bits per heavy atom. The maximum Gasteiger partial charge on any atom is 0.237 e. The highest BCUT2D eigenvalue weighted by Gasteiger charge is 2.15. The second-order valence-corrected chi connectivity index (χ2v) is 6.25. The van der Waals surface area contributed by atoms with Crippen LogP contribution < -0.4 is 5.32 Å². The maximum absolute atomic E-state index is 13.5. The molecule has 0 aliphatic heterocycles. The monoisotopic (exact) mass is 323 g/mol. The van der Waals surface area contributed by atoms with Crippen LogP contribution in [0.5, 0.6) is 0 Å². The molecule has 0 radical (unpaired) electrons. The largest absolute Gasteiger partial charge is 0.324 e. The van der Waals surface area contributed by atoms with E-state index in [0.29, 0.717) is 22.0 Å². The Bertz CT molecular complexity index is 635. The van der Waals surface area contributed by atoms with Crippen LogP contribution in [0.4, 0.5) is 10.1 Å². The molecule has 110 valence electrons. The number of carbonyl (C=O) groups excluding carboxylic acids is 1. The van der Waals surface area contributed by atoms with Gasteiger partial charge in [-0.2, -0.15) is 0 Å². The van der Waals surface area contributed by atoms with Gasteiger partial charge in [0.05, 0.1) is 16.0 Å². The molecule has 1 N–H and O–H groups in total. The summed E-state index contributed by atoms with van der Waals surface area (Å²) in [6, 6.07) is 13.6. The second kappa shape index (κ2) is 7.48. The summed E-state index contributed by atoms with van der Waals surface area (Å²) >= 11 is 7.38. The fourth-order valence-electron chi connectivity index (χ4n) is 1.70. The van der Waals surface area contributed by atoms with Gasteiger partial charge >= 0.3 is 0 Å². The second-order valence-electron chi connectivity index (χ2n) is 4.51. The van der Waals surface area contributed by atoms with Crippen LogP contribution in [-0.2, 0) is 10.5 Å². The summed E-state index contributed by atoms with van der Waals surface area (Å²) in [6.45, 7) is 1.79. The average Bonchev–Trinajstić information content (AvgIpc) is 2.48. The summed E-state index contributed by atoms with van der Waals surface area (Å²) < 4.78 is 13.5. The highest BCUT2D eigenvalue weighted by Crippen LogP contribution is 2.24. The molecule has 2 aromatic rings. The molecule has 0 heterocycles. The quantitative estimate of drug-likeness (QED) is 0.861. The number of thioether (sulfide) groups is 1. The third kappa shape index (κ3) is 4.48. The van der Waals surface area contributed by atoms with E-state index >= 15 is 0 Å². The van der Waals surface area contributed by atoms with E-state index in [-0.39, 0.29) is 17.0 Å². The molecule has 0 bridgehead atoms. The average molecular weight is 324 g/mol. The van der Waals surface area contributed by atoms with Crippen molar-refractivity contribution in [3.63, 3.8) is 0 Å². The molecular formula is C16H15ClFNOS. The number of rotatable bonds is 5. The van der Waals surface area contributed by atoms with Crippen molar-refractivity contribution in [2.24, 2.45) is 0 Å². The standard InChI is InChI=1S/C16H15ClFNOS/c1-11(21-10-12-6-2-4-8-14(12)18)16(20)19-15-9-5-3-7-13(15)17/h2-9,11H,10H2,1H3,(H,19,20). The number of hydrogen-bond donors (Lipinski definition) is 1. The van der Waals surface area contributed by atoms with Gasteiger partial charge in [-0.3, -0.25) is 4.79 Å². The van der Waals surface area contributed by atoms with Crippen LogP contribution >= 0.6 is 23.4 Å². The summed E-state index contributed by atoms with van der Waals surface area (Å²) in [4.78, 5) is 12.1. The van der Waals surface area contributed by atoms with Crippen molar-refractivity contribution in [2.75, 3.05) is 5.32 Å². The summed E-state index contributed by atoms with van der Waals surface area (Å²) in [6.07, 6.45) is 0.